The number of nitrogens with zero attached hydrogens (tertiary/aromatic N) is 1. The van der Waals surface area contributed by atoms with Gasteiger partial charge in [0.2, 0.25) is 0 Å². The highest BCUT2D eigenvalue weighted by atomic mass is 16.5. The highest BCUT2D eigenvalue weighted by Gasteiger charge is 2.42. The number of hydrogen-bond acceptors (Lipinski definition) is 7. The molecule has 1 aromatic carbocycles. The summed E-state index contributed by atoms with van der Waals surface area (Å²) in [5.41, 5.74) is 3.04. The maximum absolute atomic E-state index is 13.5. The van der Waals surface area contributed by atoms with E-state index >= 15 is 0 Å². The molecule has 242 valence electrons. The Balaban J connectivity index is 2.21. The first-order valence-electron chi connectivity index (χ1n) is 16.6. The molecule has 43 heavy (non-hydrogen) atoms. The third-order valence-corrected chi connectivity index (χ3v) is 8.54. The molecule has 0 saturated heterocycles. The predicted molar refractivity (Wildman–Crippen MR) is 174 cm³/mol. The zero-order valence-electron chi connectivity index (χ0n) is 27.8. The van der Waals surface area contributed by atoms with Crippen LogP contribution in [0.5, 0.6) is 5.75 Å². The van der Waals surface area contributed by atoms with Gasteiger partial charge < -0.3 is 18.9 Å². The van der Waals surface area contributed by atoms with E-state index in [1.165, 1.54) is 77.7 Å². The molecule has 7 heteroatoms. The van der Waals surface area contributed by atoms with Crippen LogP contribution in [0.2, 0.25) is 0 Å². The monoisotopic (exact) mass is 599 g/mol. The molecule has 0 fully saturated rings. The third-order valence-electron chi connectivity index (χ3n) is 8.54. The molecule has 1 aliphatic heterocycles. The van der Waals surface area contributed by atoms with Gasteiger partial charge in [0.15, 0.2) is 5.70 Å². The molecule has 2 unspecified atom stereocenters. The van der Waals surface area contributed by atoms with Crippen molar-refractivity contribution in [2.24, 2.45) is 10.9 Å². The molecule has 1 aromatic rings. The standard InChI is InChI=1S/C36H57NO6/c1-7-9-10-11-12-13-14-15-16-17-18-19-20-22-28-23-21-24-30(41-5)31(28)32-29(25-26-40-4)27(3)37-34(36(39)42-6)33(32)35(38)43-8-2/h21,23-24,29,32H,7-20,22,25-26H2,1-6H3. The van der Waals surface area contributed by atoms with E-state index in [4.69, 9.17) is 18.9 Å². The largest absolute Gasteiger partial charge is 0.496 e. The van der Waals surface area contributed by atoms with Gasteiger partial charge in [-0.1, -0.05) is 96.1 Å². The van der Waals surface area contributed by atoms with Gasteiger partial charge in [-0.2, -0.15) is 0 Å². The average Bonchev–Trinajstić information content (AvgIpc) is 3.01. The summed E-state index contributed by atoms with van der Waals surface area (Å²) in [5, 5.41) is 0. The fourth-order valence-electron chi connectivity index (χ4n) is 6.23. The molecule has 0 radical (unpaired) electrons. The van der Waals surface area contributed by atoms with Gasteiger partial charge in [0, 0.05) is 36.8 Å². The van der Waals surface area contributed by atoms with E-state index in [-0.39, 0.29) is 23.8 Å². The van der Waals surface area contributed by atoms with Crippen molar-refractivity contribution in [3.8, 4) is 5.75 Å². The van der Waals surface area contributed by atoms with Gasteiger partial charge >= 0.3 is 11.9 Å². The second kappa shape index (κ2) is 21.1. The Labute approximate surface area is 260 Å². The zero-order valence-corrected chi connectivity index (χ0v) is 27.8. The van der Waals surface area contributed by atoms with Gasteiger partial charge in [-0.25, -0.2) is 14.6 Å². The number of benzene rings is 1. The van der Waals surface area contributed by atoms with Crippen LogP contribution in [0.3, 0.4) is 0 Å². The normalized spacial score (nSPS) is 16.7. The Hall–Kier alpha value is -2.67. The number of methoxy groups -OCH3 is 3. The number of rotatable bonds is 22. The quantitative estimate of drug-likeness (QED) is 0.0981. The van der Waals surface area contributed by atoms with E-state index in [9.17, 15) is 9.59 Å². The van der Waals surface area contributed by atoms with Crippen molar-refractivity contribution in [3.05, 3.63) is 40.6 Å². The molecule has 0 spiro atoms. The summed E-state index contributed by atoms with van der Waals surface area (Å²) >= 11 is 0. The Morgan fingerprint density at radius 1 is 0.814 bits per heavy atom. The lowest BCUT2D eigenvalue weighted by molar-refractivity contribution is -0.141. The van der Waals surface area contributed by atoms with Gasteiger partial charge in [-0.3, -0.25) is 0 Å². The fraction of sp³-hybridized carbons (Fsp3) is 0.694. The minimum Gasteiger partial charge on any atom is -0.496 e. The number of unbranched alkanes of at least 4 members (excludes halogenated alkanes) is 12. The van der Waals surface area contributed by atoms with E-state index in [0.29, 0.717) is 18.8 Å². The molecule has 0 aromatic heterocycles. The predicted octanol–water partition coefficient (Wildman–Crippen LogP) is 8.53. The van der Waals surface area contributed by atoms with Crippen molar-refractivity contribution in [1.29, 1.82) is 0 Å². The van der Waals surface area contributed by atoms with Crippen LogP contribution in [0.4, 0.5) is 0 Å². The third kappa shape index (κ3) is 11.4. The Morgan fingerprint density at radius 2 is 1.42 bits per heavy atom. The number of carbonyl (C=O) groups is 2. The molecule has 7 nitrogen and oxygen atoms in total. The first-order chi connectivity index (χ1) is 20.9. The molecule has 2 rings (SSSR count). The first-order valence-corrected chi connectivity index (χ1v) is 16.6. The minimum absolute atomic E-state index is 0.00920. The summed E-state index contributed by atoms with van der Waals surface area (Å²) in [7, 11) is 4.62. The van der Waals surface area contributed by atoms with Gasteiger partial charge in [0.25, 0.3) is 0 Å². The molecule has 0 saturated carbocycles. The van der Waals surface area contributed by atoms with Crippen molar-refractivity contribution in [2.75, 3.05) is 34.5 Å². The van der Waals surface area contributed by atoms with Crippen molar-refractivity contribution >= 4 is 17.7 Å². The second-order valence-corrected chi connectivity index (χ2v) is 11.6. The van der Waals surface area contributed by atoms with Crippen LogP contribution >= 0.6 is 0 Å². The lowest BCUT2D eigenvalue weighted by Crippen LogP contribution is -2.34. The summed E-state index contributed by atoms with van der Waals surface area (Å²) in [5.74, 6) is -1.15. The van der Waals surface area contributed by atoms with Crippen LogP contribution < -0.4 is 4.74 Å². The SMILES string of the molecule is CCCCCCCCCCCCCCCc1cccc(OC)c1C1C(C(=O)OCC)=C(C(=O)OC)N=C(C)C1CCOC. The van der Waals surface area contributed by atoms with E-state index in [0.717, 1.165) is 36.1 Å². The van der Waals surface area contributed by atoms with Gasteiger partial charge in [0.05, 0.1) is 26.4 Å². The van der Waals surface area contributed by atoms with Gasteiger partial charge in [-0.15, -0.1) is 0 Å². The van der Waals surface area contributed by atoms with Crippen LogP contribution in [-0.4, -0.2) is 52.2 Å². The van der Waals surface area contributed by atoms with Crippen molar-refractivity contribution < 1.29 is 28.5 Å². The van der Waals surface area contributed by atoms with Gasteiger partial charge in [0.1, 0.15) is 5.75 Å². The van der Waals surface area contributed by atoms with E-state index in [1.54, 1.807) is 21.1 Å². The maximum Gasteiger partial charge on any atom is 0.357 e. The molecule has 0 bridgehead atoms. The van der Waals surface area contributed by atoms with Crippen LogP contribution in [0.15, 0.2) is 34.5 Å². The number of hydrogen-bond donors (Lipinski definition) is 0. The highest BCUT2D eigenvalue weighted by molar-refractivity contribution is 6.06. The number of esters is 2. The molecule has 1 aliphatic rings. The van der Waals surface area contributed by atoms with E-state index < -0.39 is 17.9 Å². The molecular formula is C36H57NO6. The van der Waals surface area contributed by atoms with Crippen molar-refractivity contribution in [1.82, 2.24) is 0 Å². The van der Waals surface area contributed by atoms with Crippen LogP contribution in [0, 0.1) is 5.92 Å². The molecular weight excluding hydrogens is 542 g/mol. The molecule has 2 atom stereocenters. The topological polar surface area (TPSA) is 83.4 Å². The molecule has 0 N–H and O–H groups in total. The second-order valence-electron chi connectivity index (χ2n) is 11.6. The van der Waals surface area contributed by atoms with Crippen LogP contribution in [0.25, 0.3) is 0 Å². The lowest BCUT2D eigenvalue weighted by atomic mass is 9.72. The Morgan fingerprint density at radius 3 is 1.95 bits per heavy atom. The van der Waals surface area contributed by atoms with E-state index in [1.807, 2.05) is 19.1 Å². The minimum atomic E-state index is -0.648. The molecule has 0 aliphatic carbocycles. The summed E-state index contributed by atoms with van der Waals surface area (Å²) in [6.45, 7) is 6.60. The van der Waals surface area contributed by atoms with Gasteiger partial charge in [-0.05, 0) is 44.7 Å². The summed E-state index contributed by atoms with van der Waals surface area (Å²) in [4.78, 5) is 31.0. The van der Waals surface area contributed by atoms with Crippen molar-refractivity contribution in [3.63, 3.8) is 0 Å². The number of aliphatic imine (C=N–C) groups is 1. The van der Waals surface area contributed by atoms with Crippen molar-refractivity contribution in [2.45, 2.75) is 123 Å². The summed E-state index contributed by atoms with van der Waals surface area (Å²) in [6, 6.07) is 6.05. The lowest BCUT2D eigenvalue weighted by Gasteiger charge is -2.35. The summed E-state index contributed by atoms with van der Waals surface area (Å²) < 4.78 is 21.9. The zero-order chi connectivity index (χ0) is 31.5. The molecule has 0 amide bonds. The highest BCUT2D eigenvalue weighted by Crippen LogP contribution is 2.46. The Bertz CT molecular complexity index is 1050. The number of aryl methyl sites for hydroxylation is 1. The number of carbonyl (C=O) groups excluding carboxylic acids is 2. The number of ether oxygens (including phenoxy) is 4. The first kappa shape index (κ1) is 36.5. The van der Waals surface area contributed by atoms with E-state index in [2.05, 4.69) is 18.0 Å². The summed E-state index contributed by atoms with van der Waals surface area (Å²) in [6.07, 6.45) is 18.4. The van der Waals surface area contributed by atoms with Crippen LogP contribution in [-0.2, 0) is 30.2 Å². The molecule has 1 heterocycles. The smallest absolute Gasteiger partial charge is 0.357 e. The maximum atomic E-state index is 13.5. The Kier molecular flexibility index (Phi) is 17.9. The van der Waals surface area contributed by atoms with Crippen LogP contribution in [0.1, 0.15) is 128 Å². The fourth-order valence-corrected chi connectivity index (χ4v) is 6.23. The average molecular weight is 600 g/mol.